The Morgan fingerprint density at radius 1 is 1.41 bits per heavy atom. The Labute approximate surface area is 163 Å². The highest BCUT2D eigenvalue weighted by atomic mass is 16.2. The molecule has 1 saturated heterocycles. The van der Waals surface area contributed by atoms with E-state index in [0.29, 0.717) is 24.6 Å². The quantitative estimate of drug-likeness (QED) is 0.828. The summed E-state index contributed by atoms with van der Waals surface area (Å²) in [6, 6.07) is 1.87. The van der Waals surface area contributed by atoms with Crippen LogP contribution in [0.1, 0.15) is 76.0 Å². The SMILES string of the molecule is CCCC(C)CC(=O)N1CCC(NC(=O)c2cc(C)nn2C)CC(C)(C)C1. The van der Waals surface area contributed by atoms with Gasteiger partial charge in [-0.1, -0.05) is 40.5 Å². The Morgan fingerprint density at radius 3 is 2.70 bits per heavy atom. The van der Waals surface area contributed by atoms with E-state index in [1.807, 2.05) is 17.9 Å². The lowest BCUT2D eigenvalue weighted by Crippen LogP contribution is -2.39. The van der Waals surface area contributed by atoms with Gasteiger partial charge in [-0.25, -0.2) is 0 Å². The zero-order valence-corrected chi connectivity index (χ0v) is 17.8. The van der Waals surface area contributed by atoms with Gasteiger partial charge in [0.15, 0.2) is 0 Å². The third-order valence-electron chi connectivity index (χ3n) is 5.39. The van der Waals surface area contributed by atoms with Gasteiger partial charge in [-0.3, -0.25) is 14.3 Å². The first-order chi connectivity index (χ1) is 12.6. The number of hydrogen-bond acceptors (Lipinski definition) is 3. The van der Waals surface area contributed by atoms with Gasteiger partial charge in [0.05, 0.1) is 5.69 Å². The maximum absolute atomic E-state index is 12.7. The number of nitrogens with one attached hydrogen (secondary N) is 1. The average molecular weight is 377 g/mol. The Balaban J connectivity index is 2.00. The zero-order chi connectivity index (χ0) is 20.2. The van der Waals surface area contributed by atoms with Gasteiger partial charge in [-0.2, -0.15) is 5.10 Å². The molecule has 0 aliphatic carbocycles. The number of rotatable bonds is 6. The van der Waals surface area contributed by atoms with Crippen LogP contribution in [0.15, 0.2) is 6.07 Å². The molecule has 1 aromatic heterocycles. The van der Waals surface area contributed by atoms with E-state index in [9.17, 15) is 9.59 Å². The maximum Gasteiger partial charge on any atom is 0.269 e. The maximum atomic E-state index is 12.7. The van der Waals surface area contributed by atoms with Crippen LogP contribution in [0.4, 0.5) is 0 Å². The summed E-state index contributed by atoms with van der Waals surface area (Å²) >= 11 is 0. The molecule has 2 atom stereocenters. The van der Waals surface area contributed by atoms with Crippen LogP contribution in [0, 0.1) is 18.3 Å². The second kappa shape index (κ2) is 8.89. The highest BCUT2D eigenvalue weighted by Gasteiger charge is 2.33. The van der Waals surface area contributed by atoms with Crippen LogP contribution in [0.3, 0.4) is 0 Å². The molecule has 0 bridgehead atoms. The molecule has 27 heavy (non-hydrogen) atoms. The lowest BCUT2D eigenvalue weighted by atomic mass is 9.85. The molecule has 1 aliphatic heterocycles. The molecule has 2 rings (SSSR count). The van der Waals surface area contributed by atoms with Crippen LogP contribution in [0.25, 0.3) is 0 Å². The van der Waals surface area contributed by atoms with Gasteiger partial charge >= 0.3 is 0 Å². The average Bonchev–Trinajstić information content (AvgIpc) is 2.80. The number of amides is 2. The van der Waals surface area contributed by atoms with Gasteiger partial charge in [-0.15, -0.1) is 0 Å². The first-order valence-corrected chi connectivity index (χ1v) is 10.2. The number of aromatic nitrogens is 2. The Kier molecular flexibility index (Phi) is 7.06. The predicted molar refractivity (Wildman–Crippen MR) is 107 cm³/mol. The van der Waals surface area contributed by atoms with E-state index >= 15 is 0 Å². The lowest BCUT2D eigenvalue weighted by molar-refractivity contribution is -0.133. The standard InChI is InChI=1S/C21H36N4O2/c1-7-8-15(2)11-19(26)25-10-9-17(13-21(4,5)14-25)22-20(27)18-12-16(3)23-24(18)6/h12,15,17H,7-11,13-14H2,1-6H3,(H,22,27). The van der Waals surface area contributed by atoms with Crippen molar-refractivity contribution in [1.29, 1.82) is 0 Å². The smallest absolute Gasteiger partial charge is 0.269 e. The fraction of sp³-hybridized carbons (Fsp3) is 0.762. The van der Waals surface area contributed by atoms with Crippen molar-refractivity contribution in [3.63, 3.8) is 0 Å². The van der Waals surface area contributed by atoms with E-state index in [2.05, 4.69) is 38.1 Å². The first kappa shape index (κ1) is 21.5. The van der Waals surface area contributed by atoms with Gasteiger partial charge in [0.25, 0.3) is 5.91 Å². The molecule has 0 radical (unpaired) electrons. The molecule has 0 aromatic carbocycles. The van der Waals surface area contributed by atoms with Crippen molar-refractivity contribution in [2.45, 2.75) is 72.8 Å². The van der Waals surface area contributed by atoms with Crippen LogP contribution < -0.4 is 5.32 Å². The van der Waals surface area contributed by atoms with Crippen LogP contribution in [-0.2, 0) is 11.8 Å². The minimum atomic E-state index is -0.0877. The molecule has 2 heterocycles. The summed E-state index contributed by atoms with van der Waals surface area (Å²) in [5.74, 6) is 0.589. The molecule has 6 heteroatoms. The van der Waals surface area contributed by atoms with Crippen LogP contribution in [0.5, 0.6) is 0 Å². The summed E-state index contributed by atoms with van der Waals surface area (Å²) < 4.78 is 1.62. The minimum absolute atomic E-state index is 0.0273. The van der Waals surface area contributed by atoms with Gasteiger partial charge in [0.1, 0.15) is 5.69 Å². The van der Waals surface area contributed by atoms with Crippen LogP contribution >= 0.6 is 0 Å². The Bertz CT molecular complexity index is 665. The molecular weight excluding hydrogens is 340 g/mol. The fourth-order valence-corrected chi connectivity index (χ4v) is 4.18. The number of carbonyl (C=O) groups is 2. The third-order valence-corrected chi connectivity index (χ3v) is 5.39. The van der Waals surface area contributed by atoms with Gasteiger partial charge in [0.2, 0.25) is 5.91 Å². The lowest BCUT2D eigenvalue weighted by Gasteiger charge is -2.31. The van der Waals surface area contributed by atoms with E-state index < -0.39 is 0 Å². The number of nitrogens with zero attached hydrogens (tertiary/aromatic N) is 3. The number of likely N-dealkylation sites (tertiary alicyclic amines) is 1. The molecule has 1 aliphatic rings. The molecule has 0 saturated carbocycles. The number of hydrogen-bond donors (Lipinski definition) is 1. The fourth-order valence-electron chi connectivity index (χ4n) is 4.18. The molecule has 152 valence electrons. The molecule has 2 unspecified atom stereocenters. The van der Waals surface area contributed by atoms with Crippen molar-refractivity contribution in [2.24, 2.45) is 18.4 Å². The second-order valence-electron chi connectivity index (χ2n) is 9.04. The molecule has 1 N–H and O–H groups in total. The second-order valence-corrected chi connectivity index (χ2v) is 9.04. The summed E-state index contributed by atoms with van der Waals surface area (Å²) in [5, 5.41) is 7.42. The highest BCUT2D eigenvalue weighted by molar-refractivity contribution is 5.92. The third kappa shape index (κ3) is 6.08. The van der Waals surface area contributed by atoms with E-state index in [0.717, 1.165) is 37.9 Å². The van der Waals surface area contributed by atoms with E-state index in [1.165, 1.54) is 0 Å². The Hall–Kier alpha value is -1.85. The summed E-state index contributed by atoms with van der Waals surface area (Å²) in [6.07, 6.45) is 4.48. The van der Waals surface area contributed by atoms with Crippen LogP contribution in [0.2, 0.25) is 0 Å². The first-order valence-electron chi connectivity index (χ1n) is 10.2. The highest BCUT2D eigenvalue weighted by Crippen LogP contribution is 2.29. The predicted octanol–water partition coefficient (Wildman–Crippen LogP) is 3.30. The summed E-state index contributed by atoms with van der Waals surface area (Å²) in [7, 11) is 1.79. The summed E-state index contributed by atoms with van der Waals surface area (Å²) in [6.45, 7) is 12.0. The van der Waals surface area contributed by atoms with Gasteiger partial charge in [-0.05, 0) is 37.2 Å². The number of aryl methyl sites for hydroxylation is 2. The van der Waals surface area contributed by atoms with Crippen molar-refractivity contribution in [3.8, 4) is 0 Å². The summed E-state index contributed by atoms with van der Waals surface area (Å²) in [4.78, 5) is 27.4. The number of carbonyl (C=O) groups excluding carboxylic acids is 2. The summed E-state index contributed by atoms with van der Waals surface area (Å²) in [5.41, 5.74) is 1.39. The van der Waals surface area contributed by atoms with E-state index in [4.69, 9.17) is 0 Å². The van der Waals surface area contributed by atoms with Crippen molar-refractivity contribution < 1.29 is 9.59 Å². The molecule has 1 fully saturated rings. The van der Waals surface area contributed by atoms with Crippen molar-refractivity contribution in [3.05, 3.63) is 17.5 Å². The molecular formula is C21H36N4O2. The minimum Gasteiger partial charge on any atom is -0.348 e. The zero-order valence-electron chi connectivity index (χ0n) is 17.8. The Morgan fingerprint density at radius 2 is 2.11 bits per heavy atom. The van der Waals surface area contributed by atoms with Gasteiger partial charge in [0, 0.05) is 32.6 Å². The normalized spacial score (nSPS) is 20.8. The largest absolute Gasteiger partial charge is 0.348 e. The van der Waals surface area contributed by atoms with Crippen molar-refractivity contribution in [1.82, 2.24) is 20.0 Å². The van der Waals surface area contributed by atoms with Gasteiger partial charge < -0.3 is 10.2 Å². The van der Waals surface area contributed by atoms with Crippen molar-refractivity contribution >= 4 is 11.8 Å². The molecule has 6 nitrogen and oxygen atoms in total. The van der Waals surface area contributed by atoms with Crippen molar-refractivity contribution in [2.75, 3.05) is 13.1 Å². The van der Waals surface area contributed by atoms with E-state index in [-0.39, 0.29) is 23.3 Å². The molecule has 0 spiro atoms. The molecule has 2 amide bonds. The van der Waals surface area contributed by atoms with Crippen LogP contribution in [-0.4, -0.2) is 45.6 Å². The monoisotopic (exact) mass is 376 g/mol. The van der Waals surface area contributed by atoms with E-state index in [1.54, 1.807) is 11.7 Å². The molecule has 1 aromatic rings. The topological polar surface area (TPSA) is 67.2 Å².